The number of nitrogens with zero attached hydrogens (tertiary/aromatic N) is 4. The summed E-state index contributed by atoms with van der Waals surface area (Å²) in [6.07, 6.45) is 1.04. The highest BCUT2D eigenvalue weighted by atomic mass is 32.2. The summed E-state index contributed by atoms with van der Waals surface area (Å²) in [5, 5.41) is 7.79. The van der Waals surface area contributed by atoms with E-state index in [1.54, 1.807) is 24.0 Å². The Morgan fingerprint density at radius 2 is 1.73 bits per heavy atom. The van der Waals surface area contributed by atoms with Crippen LogP contribution in [-0.2, 0) is 24.3 Å². The van der Waals surface area contributed by atoms with Crippen molar-refractivity contribution in [2.75, 3.05) is 46.0 Å². The van der Waals surface area contributed by atoms with E-state index in [9.17, 15) is 18.0 Å². The first-order valence-electron chi connectivity index (χ1n) is 10.9. The van der Waals surface area contributed by atoms with Gasteiger partial charge in [0.05, 0.1) is 30.6 Å². The molecule has 11 nitrogen and oxygen atoms in total. The molecular formula is C21H26N4O7S. The van der Waals surface area contributed by atoms with E-state index in [1.807, 2.05) is 0 Å². The number of benzene rings is 1. The highest BCUT2D eigenvalue weighted by Crippen LogP contribution is 2.24. The Morgan fingerprint density at radius 3 is 2.36 bits per heavy atom. The summed E-state index contributed by atoms with van der Waals surface area (Å²) < 4.78 is 42.7. The van der Waals surface area contributed by atoms with E-state index in [2.05, 4.69) is 10.2 Å². The van der Waals surface area contributed by atoms with Crippen molar-refractivity contribution in [3.05, 3.63) is 30.2 Å². The number of piperidine rings is 1. The number of carbonyl (C=O) groups is 2. The van der Waals surface area contributed by atoms with Crippen molar-refractivity contribution in [2.24, 2.45) is 5.92 Å². The fraction of sp³-hybridized carbons (Fsp3) is 0.524. The van der Waals surface area contributed by atoms with Gasteiger partial charge in [-0.25, -0.2) is 8.42 Å². The SMILES string of the molecule is CCOC(=O)C1CCN(C(=O)c2nnc(-c3ccc(S(=O)(=O)N4CCOCC4)cc3)o2)CC1. The van der Waals surface area contributed by atoms with E-state index < -0.39 is 15.9 Å². The third kappa shape index (κ3) is 5.07. The summed E-state index contributed by atoms with van der Waals surface area (Å²) in [4.78, 5) is 26.3. The van der Waals surface area contributed by atoms with Crippen LogP contribution in [0, 0.1) is 5.92 Å². The molecule has 2 fully saturated rings. The molecule has 178 valence electrons. The number of carbonyl (C=O) groups excluding carboxylic acids is 2. The number of hydrogen-bond donors (Lipinski definition) is 0. The maximum absolute atomic E-state index is 12.7. The van der Waals surface area contributed by atoms with E-state index in [1.165, 1.54) is 16.4 Å². The van der Waals surface area contributed by atoms with E-state index in [0.29, 0.717) is 64.4 Å². The van der Waals surface area contributed by atoms with Crippen molar-refractivity contribution < 1.29 is 31.9 Å². The predicted octanol–water partition coefficient (Wildman–Crippen LogP) is 1.17. The van der Waals surface area contributed by atoms with E-state index in [-0.39, 0.29) is 28.6 Å². The zero-order valence-electron chi connectivity index (χ0n) is 18.3. The number of rotatable bonds is 6. The van der Waals surface area contributed by atoms with Gasteiger partial charge in [0.25, 0.3) is 0 Å². The van der Waals surface area contributed by atoms with Crippen LogP contribution in [0.15, 0.2) is 33.6 Å². The van der Waals surface area contributed by atoms with Gasteiger partial charge in [0.15, 0.2) is 0 Å². The van der Waals surface area contributed by atoms with Gasteiger partial charge in [-0.05, 0) is 44.0 Å². The number of esters is 1. The maximum atomic E-state index is 12.7. The molecule has 2 aliphatic rings. The van der Waals surface area contributed by atoms with Crippen molar-refractivity contribution in [1.29, 1.82) is 0 Å². The molecule has 1 amide bonds. The summed E-state index contributed by atoms with van der Waals surface area (Å²) in [6, 6.07) is 6.10. The number of morpholine rings is 1. The van der Waals surface area contributed by atoms with E-state index >= 15 is 0 Å². The molecular weight excluding hydrogens is 452 g/mol. The lowest BCUT2D eigenvalue weighted by atomic mass is 9.97. The van der Waals surface area contributed by atoms with Crippen molar-refractivity contribution in [3.8, 4) is 11.5 Å². The van der Waals surface area contributed by atoms with Crippen molar-refractivity contribution in [3.63, 3.8) is 0 Å². The molecule has 3 heterocycles. The average molecular weight is 479 g/mol. The van der Waals surface area contributed by atoms with Crippen LogP contribution in [0.1, 0.15) is 30.5 Å². The first-order valence-corrected chi connectivity index (χ1v) is 12.3. The van der Waals surface area contributed by atoms with Gasteiger partial charge < -0.3 is 18.8 Å². The highest BCUT2D eigenvalue weighted by Gasteiger charge is 2.31. The second kappa shape index (κ2) is 9.98. The van der Waals surface area contributed by atoms with Crippen LogP contribution in [0.4, 0.5) is 0 Å². The minimum atomic E-state index is -3.61. The molecule has 1 aromatic heterocycles. The van der Waals surface area contributed by atoms with Gasteiger partial charge in [-0.2, -0.15) is 4.31 Å². The van der Waals surface area contributed by atoms with Crippen LogP contribution in [0.25, 0.3) is 11.5 Å². The average Bonchev–Trinajstić information content (AvgIpc) is 3.35. The maximum Gasteiger partial charge on any atom is 0.311 e. The number of sulfonamides is 1. The fourth-order valence-electron chi connectivity index (χ4n) is 3.85. The molecule has 1 aromatic carbocycles. The Balaban J connectivity index is 1.40. The van der Waals surface area contributed by atoms with Crippen LogP contribution >= 0.6 is 0 Å². The summed E-state index contributed by atoms with van der Waals surface area (Å²) in [5.74, 6) is -0.870. The summed E-state index contributed by atoms with van der Waals surface area (Å²) in [6.45, 7) is 4.27. The molecule has 2 aromatic rings. The first-order chi connectivity index (χ1) is 15.9. The largest absolute Gasteiger partial charge is 0.466 e. The lowest BCUT2D eigenvalue weighted by Gasteiger charge is -2.29. The molecule has 0 bridgehead atoms. The zero-order chi connectivity index (χ0) is 23.4. The molecule has 0 spiro atoms. The lowest BCUT2D eigenvalue weighted by molar-refractivity contribution is -0.149. The highest BCUT2D eigenvalue weighted by molar-refractivity contribution is 7.89. The minimum absolute atomic E-state index is 0.120. The topological polar surface area (TPSA) is 132 Å². The molecule has 2 aliphatic heterocycles. The zero-order valence-corrected chi connectivity index (χ0v) is 19.1. The van der Waals surface area contributed by atoms with Crippen molar-refractivity contribution in [1.82, 2.24) is 19.4 Å². The van der Waals surface area contributed by atoms with Crippen LogP contribution in [0.2, 0.25) is 0 Å². The predicted molar refractivity (Wildman–Crippen MR) is 115 cm³/mol. The quantitative estimate of drug-likeness (QED) is 0.561. The Hall–Kier alpha value is -2.83. The van der Waals surface area contributed by atoms with Gasteiger partial charge in [0.2, 0.25) is 15.9 Å². The molecule has 33 heavy (non-hydrogen) atoms. The molecule has 0 N–H and O–H groups in total. The molecule has 4 rings (SSSR count). The second-order valence-corrected chi connectivity index (χ2v) is 9.71. The molecule has 0 saturated carbocycles. The Labute approximate surface area is 191 Å². The van der Waals surface area contributed by atoms with Crippen LogP contribution in [-0.4, -0.2) is 85.7 Å². The number of ether oxygens (including phenoxy) is 2. The second-order valence-electron chi connectivity index (χ2n) is 7.77. The number of aromatic nitrogens is 2. The molecule has 0 aliphatic carbocycles. The van der Waals surface area contributed by atoms with Gasteiger partial charge in [0.1, 0.15) is 0 Å². The standard InChI is InChI=1S/C21H26N4O7S/c1-2-31-21(27)16-7-9-24(10-8-16)20(26)19-23-22-18(32-19)15-3-5-17(6-4-15)33(28,29)25-11-13-30-14-12-25/h3-6,16H,2,7-14H2,1H3. The smallest absolute Gasteiger partial charge is 0.311 e. The third-order valence-corrected chi connectivity index (χ3v) is 7.63. The monoisotopic (exact) mass is 478 g/mol. The van der Waals surface area contributed by atoms with Gasteiger partial charge in [-0.1, -0.05) is 0 Å². The van der Waals surface area contributed by atoms with Crippen molar-refractivity contribution in [2.45, 2.75) is 24.7 Å². The van der Waals surface area contributed by atoms with E-state index in [0.717, 1.165) is 0 Å². The molecule has 12 heteroatoms. The molecule has 0 unspecified atom stereocenters. The Kier molecular flexibility index (Phi) is 7.05. The van der Waals surface area contributed by atoms with Gasteiger partial charge in [-0.15, -0.1) is 10.2 Å². The normalized spacial score (nSPS) is 18.3. The molecule has 0 atom stereocenters. The number of likely N-dealkylation sites (tertiary alicyclic amines) is 1. The molecule has 0 radical (unpaired) electrons. The summed E-state index contributed by atoms with van der Waals surface area (Å²) in [5.41, 5.74) is 0.503. The van der Waals surface area contributed by atoms with Crippen LogP contribution in [0.5, 0.6) is 0 Å². The van der Waals surface area contributed by atoms with Crippen molar-refractivity contribution >= 4 is 21.9 Å². The summed E-state index contributed by atoms with van der Waals surface area (Å²) in [7, 11) is -3.61. The van der Waals surface area contributed by atoms with Gasteiger partial charge >= 0.3 is 17.8 Å². The fourth-order valence-corrected chi connectivity index (χ4v) is 5.25. The van der Waals surface area contributed by atoms with E-state index in [4.69, 9.17) is 13.9 Å². The van der Waals surface area contributed by atoms with Gasteiger partial charge in [-0.3, -0.25) is 9.59 Å². The first kappa shape index (κ1) is 23.3. The van der Waals surface area contributed by atoms with Crippen LogP contribution < -0.4 is 0 Å². The Bertz CT molecular complexity index is 1090. The minimum Gasteiger partial charge on any atom is -0.466 e. The third-order valence-electron chi connectivity index (χ3n) is 5.72. The number of hydrogen-bond acceptors (Lipinski definition) is 9. The van der Waals surface area contributed by atoms with Crippen LogP contribution in [0.3, 0.4) is 0 Å². The summed E-state index contributed by atoms with van der Waals surface area (Å²) >= 11 is 0. The lowest BCUT2D eigenvalue weighted by Crippen LogP contribution is -2.40. The molecule has 2 saturated heterocycles. The number of amides is 1. The Morgan fingerprint density at radius 1 is 1.06 bits per heavy atom. The van der Waals surface area contributed by atoms with Gasteiger partial charge in [0, 0.05) is 31.7 Å².